The van der Waals surface area contributed by atoms with E-state index in [4.69, 9.17) is 0 Å². The van der Waals surface area contributed by atoms with E-state index in [1.807, 2.05) is 32.0 Å². The second-order valence-corrected chi connectivity index (χ2v) is 6.11. The number of aromatic nitrogens is 2. The molecule has 2 N–H and O–H groups in total. The van der Waals surface area contributed by atoms with Crippen molar-refractivity contribution in [3.05, 3.63) is 47.3 Å². The topological polar surface area (TPSA) is 66.9 Å². The number of amides is 1. The molecule has 23 heavy (non-hydrogen) atoms. The Kier molecular flexibility index (Phi) is 4.55. The van der Waals surface area contributed by atoms with Gasteiger partial charge in [0, 0.05) is 17.9 Å². The largest absolute Gasteiger partial charge is 0.348 e. The van der Waals surface area contributed by atoms with Gasteiger partial charge in [-0.15, -0.1) is 0 Å². The van der Waals surface area contributed by atoms with Crippen molar-refractivity contribution in [3.63, 3.8) is 0 Å². The van der Waals surface area contributed by atoms with Crippen molar-refractivity contribution < 1.29 is 4.79 Å². The Hall–Kier alpha value is -2.43. The molecule has 0 spiro atoms. The summed E-state index contributed by atoms with van der Waals surface area (Å²) < 4.78 is 0. The fourth-order valence-corrected chi connectivity index (χ4v) is 3.00. The van der Waals surface area contributed by atoms with Gasteiger partial charge in [-0.1, -0.05) is 31.0 Å². The van der Waals surface area contributed by atoms with Crippen molar-refractivity contribution in [1.29, 1.82) is 0 Å². The smallest absolute Gasteiger partial charge is 0.270 e. The summed E-state index contributed by atoms with van der Waals surface area (Å²) in [7, 11) is 0. The molecular weight excluding hydrogens is 288 g/mol. The number of carbonyl (C=O) groups is 1. The third kappa shape index (κ3) is 3.67. The Labute approximate surface area is 136 Å². The minimum atomic E-state index is -0.121. The average Bonchev–Trinajstić information content (AvgIpc) is 3.04. The molecule has 0 saturated heterocycles. The Bertz CT molecular complexity index is 688. The molecule has 0 unspecified atom stereocenters. The van der Waals surface area contributed by atoms with Crippen LogP contribution >= 0.6 is 0 Å². The van der Waals surface area contributed by atoms with Gasteiger partial charge >= 0.3 is 0 Å². The van der Waals surface area contributed by atoms with Crippen LogP contribution in [0.5, 0.6) is 0 Å². The molecule has 1 aliphatic carbocycles. The van der Waals surface area contributed by atoms with E-state index in [1.165, 1.54) is 12.8 Å². The summed E-state index contributed by atoms with van der Waals surface area (Å²) in [5.41, 5.74) is 3.63. The van der Waals surface area contributed by atoms with E-state index < -0.39 is 0 Å². The fraction of sp³-hybridized carbons (Fsp3) is 0.389. The van der Waals surface area contributed by atoms with Gasteiger partial charge in [0.25, 0.3) is 5.91 Å². The summed E-state index contributed by atoms with van der Waals surface area (Å²) >= 11 is 0. The van der Waals surface area contributed by atoms with Gasteiger partial charge in [0.05, 0.1) is 0 Å². The van der Waals surface area contributed by atoms with Gasteiger partial charge in [0.15, 0.2) is 0 Å². The van der Waals surface area contributed by atoms with Crippen molar-refractivity contribution in [2.45, 2.75) is 45.6 Å². The van der Waals surface area contributed by atoms with E-state index >= 15 is 0 Å². The van der Waals surface area contributed by atoms with Gasteiger partial charge in [0.2, 0.25) is 5.95 Å². The van der Waals surface area contributed by atoms with E-state index in [9.17, 15) is 4.79 Å². The SMILES string of the molecule is Cc1cccc(C)c1Nc1nccc(C(=O)NC2CCCC2)n1. The van der Waals surface area contributed by atoms with Crippen molar-refractivity contribution in [2.24, 2.45) is 0 Å². The number of para-hydroxylation sites is 1. The van der Waals surface area contributed by atoms with Crippen LogP contribution in [-0.4, -0.2) is 21.9 Å². The van der Waals surface area contributed by atoms with Gasteiger partial charge in [-0.25, -0.2) is 9.97 Å². The average molecular weight is 310 g/mol. The van der Waals surface area contributed by atoms with E-state index in [-0.39, 0.29) is 11.9 Å². The first-order valence-corrected chi connectivity index (χ1v) is 8.10. The number of rotatable bonds is 4. The lowest BCUT2D eigenvalue weighted by molar-refractivity contribution is 0.0933. The fourth-order valence-electron chi connectivity index (χ4n) is 3.00. The molecule has 5 heteroatoms. The second kappa shape index (κ2) is 6.77. The third-order valence-electron chi connectivity index (χ3n) is 4.30. The summed E-state index contributed by atoms with van der Waals surface area (Å²) in [5.74, 6) is 0.324. The van der Waals surface area contributed by atoms with Crippen LogP contribution < -0.4 is 10.6 Å². The molecule has 1 saturated carbocycles. The van der Waals surface area contributed by atoms with Crippen molar-refractivity contribution >= 4 is 17.5 Å². The molecule has 0 atom stereocenters. The van der Waals surface area contributed by atoms with E-state index in [2.05, 4.69) is 20.6 Å². The number of aryl methyl sites for hydroxylation is 2. The maximum Gasteiger partial charge on any atom is 0.270 e. The summed E-state index contributed by atoms with van der Waals surface area (Å²) in [6.07, 6.45) is 6.11. The van der Waals surface area contributed by atoms with Crippen LogP contribution in [-0.2, 0) is 0 Å². The molecule has 1 aromatic carbocycles. The third-order valence-corrected chi connectivity index (χ3v) is 4.30. The predicted molar refractivity (Wildman–Crippen MR) is 91.0 cm³/mol. The normalized spacial score (nSPS) is 14.7. The van der Waals surface area contributed by atoms with Crippen molar-refractivity contribution in [3.8, 4) is 0 Å². The predicted octanol–water partition coefficient (Wildman–Crippen LogP) is 3.51. The minimum Gasteiger partial charge on any atom is -0.348 e. The Morgan fingerprint density at radius 2 is 1.83 bits per heavy atom. The van der Waals surface area contributed by atoms with E-state index in [1.54, 1.807) is 12.3 Å². The van der Waals surface area contributed by atoms with Crippen LogP contribution in [0.4, 0.5) is 11.6 Å². The summed E-state index contributed by atoms with van der Waals surface area (Å²) in [6, 6.07) is 8.02. The highest BCUT2D eigenvalue weighted by Gasteiger charge is 2.19. The molecule has 0 aliphatic heterocycles. The summed E-state index contributed by atoms with van der Waals surface area (Å²) in [5, 5.41) is 6.28. The van der Waals surface area contributed by atoms with Gasteiger partial charge in [-0.3, -0.25) is 4.79 Å². The van der Waals surface area contributed by atoms with Crippen LogP contribution in [0, 0.1) is 13.8 Å². The highest BCUT2D eigenvalue weighted by Crippen LogP contribution is 2.22. The lowest BCUT2D eigenvalue weighted by Crippen LogP contribution is -2.33. The Morgan fingerprint density at radius 1 is 1.13 bits per heavy atom. The molecule has 1 aromatic heterocycles. The Balaban J connectivity index is 1.75. The van der Waals surface area contributed by atoms with Crippen molar-refractivity contribution in [2.75, 3.05) is 5.32 Å². The van der Waals surface area contributed by atoms with Gasteiger partial charge in [0.1, 0.15) is 5.69 Å². The van der Waals surface area contributed by atoms with Crippen LogP contribution in [0.15, 0.2) is 30.5 Å². The number of benzene rings is 1. The minimum absolute atomic E-state index is 0.121. The van der Waals surface area contributed by atoms with Crippen LogP contribution in [0.3, 0.4) is 0 Å². The first-order chi connectivity index (χ1) is 11.1. The second-order valence-electron chi connectivity index (χ2n) is 6.11. The molecule has 1 amide bonds. The standard InChI is InChI=1S/C18H22N4O/c1-12-6-5-7-13(2)16(12)22-18-19-11-10-15(21-18)17(23)20-14-8-3-4-9-14/h5-7,10-11,14H,3-4,8-9H2,1-2H3,(H,20,23)(H,19,21,22). The zero-order valence-corrected chi connectivity index (χ0v) is 13.6. The first-order valence-electron chi connectivity index (χ1n) is 8.10. The quantitative estimate of drug-likeness (QED) is 0.907. The van der Waals surface area contributed by atoms with E-state index in [0.717, 1.165) is 29.7 Å². The number of hydrogen-bond donors (Lipinski definition) is 2. The highest BCUT2D eigenvalue weighted by molar-refractivity contribution is 5.92. The number of nitrogens with zero attached hydrogens (tertiary/aromatic N) is 2. The van der Waals surface area contributed by atoms with Crippen LogP contribution in [0.25, 0.3) is 0 Å². The summed E-state index contributed by atoms with van der Waals surface area (Å²) in [6.45, 7) is 4.07. The van der Waals surface area contributed by atoms with Gasteiger partial charge in [-0.05, 0) is 43.9 Å². The number of carbonyl (C=O) groups excluding carboxylic acids is 1. The molecular formula is C18H22N4O. The van der Waals surface area contributed by atoms with Crippen LogP contribution in [0.2, 0.25) is 0 Å². The molecule has 1 aliphatic rings. The lowest BCUT2D eigenvalue weighted by atomic mass is 10.1. The molecule has 1 heterocycles. The Morgan fingerprint density at radius 3 is 2.52 bits per heavy atom. The molecule has 0 bridgehead atoms. The molecule has 120 valence electrons. The van der Waals surface area contributed by atoms with Crippen LogP contribution in [0.1, 0.15) is 47.3 Å². The zero-order valence-electron chi connectivity index (χ0n) is 13.6. The monoisotopic (exact) mass is 310 g/mol. The van der Waals surface area contributed by atoms with Gasteiger partial charge in [-0.2, -0.15) is 0 Å². The van der Waals surface area contributed by atoms with Gasteiger partial charge < -0.3 is 10.6 Å². The van der Waals surface area contributed by atoms with E-state index in [0.29, 0.717) is 11.6 Å². The maximum atomic E-state index is 12.3. The molecule has 5 nitrogen and oxygen atoms in total. The number of hydrogen-bond acceptors (Lipinski definition) is 4. The molecule has 1 fully saturated rings. The molecule has 0 radical (unpaired) electrons. The lowest BCUT2D eigenvalue weighted by Gasteiger charge is -2.13. The zero-order chi connectivity index (χ0) is 16.2. The maximum absolute atomic E-state index is 12.3. The highest BCUT2D eigenvalue weighted by atomic mass is 16.1. The number of nitrogens with one attached hydrogen (secondary N) is 2. The van der Waals surface area contributed by atoms with Crippen molar-refractivity contribution in [1.82, 2.24) is 15.3 Å². The number of anilines is 2. The summed E-state index contributed by atoms with van der Waals surface area (Å²) in [4.78, 5) is 20.9. The molecule has 3 rings (SSSR count). The first kappa shape index (κ1) is 15.5. The molecule has 2 aromatic rings.